The minimum atomic E-state index is -2.96. The second kappa shape index (κ2) is 17.2. The van der Waals surface area contributed by atoms with E-state index in [9.17, 15) is 19.7 Å². The molecule has 0 bridgehead atoms. The van der Waals surface area contributed by atoms with Crippen LogP contribution in [0.2, 0.25) is 16.4 Å². The lowest BCUT2D eigenvalue weighted by Gasteiger charge is -2.46. The Labute approximate surface area is 339 Å². The third kappa shape index (κ3) is 7.99. The van der Waals surface area contributed by atoms with E-state index in [4.69, 9.17) is 20.7 Å². The Kier molecular flexibility index (Phi) is 12.5. The van der Waals surface area contributed by atoms with Crippen LogP contribution in [0, 0.1) is 17.8 Å². The van der Waals surface area contributed by atoms with Crippen molar-refractivity contribution >= 4 is 55.3 Å². The number of likely N-dealkylation sites (tertiary alicyclic amines) is 1. The van der Waals surface area contributed by atoms with Gasteiger partial charge in [0, 0.05) is 6.04 Å². The highest BCUT2D eigenvalue weighted by Gasteiger charge is 2.59. The number of imide groups is 1. The molecule has 3 fully saturated rings. The molecule has 2 heterocycles. The molecule has 3 aromatic carbocycles. The summed E-state index contributed by atoms with van der Waals surface area (Å²) in [6.45, 7) is 9.26. The summed E-state index contributed by atoms with van der Waals surface area (Å²) in [6, 6.07) is 26.1. The molecule has 7 rings (SSSR count). The number of rotatable bonds is 12. The number of benzene rings is 3. The van der Waals surface area contributed by atoms with Gasteiger partial charge in [-0.05, 0) is 101 Å². The molecule has 0 radical (unpaired) electrons. The van der Waals surface area contributed by atoms with Crippen molar-refractivity contribution in [1.82, 2.24) is 4.90 Å². The molecule has 2 aliphatic carbocycles. The molecule has 7 nitrogen and oxygen atoms in total. The van der Waals surface area contributed by atoms with Gasteiger partial charge in [0.05, 0.1) is 29.6 Å². The number of phenols is 1. The van der Waals surface area contributed by atoms with Crippen LogP contribution in [0.3, 0.4) is 0 Å². The van der Waals surface area contributed by atoms with Gasteiger partial charge < -0.3 is 19.2 Å². The zero-order valence-electron chi connectivity index (χ0n) is 33.4. The SMILES string of the molecule is CCC/C(=C\c1ccc(O)cc1Cl)CC[C@H]1OB(O)C[C@H]2C1=C(CO[Si](c1ccccc1)(c1ccccc1)C(C)(C)C)C[C@H]1C(=O)N(C3CCCCC3)C(=O)[C@H]12. The van der Waals surface area contributed by atoms with Crippen molar-refractivity contribution in [3.8, 4) is 5.75 Å². The van der Waals surface area contributed by atoms with Gasteiger partial charge in [-0.1, -0.05) is 137 Å². The maximum absolute atomic E-state index is 14.5. The number of aromatic hydroxyl groups is 1. The Morgan fingerprint density at radius 2 is 1.61 bits per heavy atom. The molecule has 2 saturated heterocycles. The Morgan fingerprint density at radius 1 is 0.946 bits per heavy atom. The third-order valence-corrected chi connectivity index (χ3v) is 18.1. The highest BCUT2D eigenvalue weighted by Crippen LogP contribution is 2.52. The number of carbonyl (C=O) groups is 2. The minimum Gasteiger partial charge on any atom is -0.508 e. The maximum Gasteiger partial charge on any atom is 0.455 e. The Bertz CT molecular complexity index is 1900. The van der Waals surface area contributed by atoms with Crippen LogP contribution in [-0.2, 0) is 18.7 Å². The van der Waals surface area contributed by atoms with Gasteiger partial charge in [0.2, 0.25) is 11.8 Å². The predicted molar refractivity (Wildman–Crippen MR) is 227 cm³/mol. The number of amides is 2. The molecule has 3 aromatic rings. The van der Waals surface area contributed by atoms with Crippen molar-refractivity contribution in [2.24, 2.45) is 17.8 Å². The van der Waals surface area contributed by atoms with Gasteiger partial charge in [-0.2, -0.15) is 0 Å². The highest BCUT2D eigenvalue weighted by molar-refractivity contribution is 6.99. The fourth-order valence-corrected chi connectivity index (χ4v) is 15.1. The van der Waals surface area contributed by atoms with Crippen LogP contribution >= 0.6 is 11.6 Å². The third-order valence-electron chi connectivity index (χ3n) is 12.8. The molecule has 56 heavy (non-hydrogen) atoms. The van der Waals surface area contributed by atoms with Crippen molar-refractivity contribution in [1.29, 1.82) is 0 Å². The predicted octanol–water partition coefficient (Wildman–Crippen LogP) is 8.72. The summed E-state index contributed by atoms with van der Waals surface area (Å²) in [5.74, 6) is -1.31. The molecule has 296 valence electrons. The average molecular weight is 794 g/mol. The summed E-state index contributed by atoms with van der Waals surface area (Å²) in [4.78, 5) is 30.7. The molecule has 0 unspecified atom stereocenters. The first-order chi connectivity index (χ1) is 26.9. The van der Waals surface area contributed by atoms with Crippen LogP contribution < -0.4 is 10.4 Å². The second-order valence-corrected chi connectivity index (χ2v) is 22.1. The zero-order valence-corrected chi connectivity index (χ0v) is 35.1. The van der Waals surface area contributed by atoms with E-state index < -0.39 is 33.4 Å². The van der Waals surface area contributed by atoms with E-state index in [2.05, 4.69) is 82.3 Å². The summed E-state index contributed by atoms with van der Waals surface area (Å²) in [6.07, 6.45) is 10.3. The second-order valence-electron chi connectivity index (χ2n) is 17.4. The van der Waals surface area contributed by atoms with Crippen LogP contribution in [0.15, 0.2) is 95.6 Å². The summed E-state index contributed by atoms with van der Waals surface area (Å²) in [5, 5.41) is 23.9. The van der Waals surface area contributed by atoms with Crippen molar-refractivity contribution < 1.29 is 28.8 Å². The lowest BCUT2D eigenvalue weighted by Crippen LogP contribution is -2.66. The first-order valence-electron chi connectivity index (χ1n) is 20.8. The molecule has 2 aliphatic heterocycles. The van der Waals surface area contributed by atoms with E-state index in [-0.39, 0.29) is 40.9 Å². The number of allylic oxidation sites excluding steroid dienone is 1. The van der Waals surface area contributed by atoms with Gasteiger partial charge in [0.1, 0.15) is 5.75 Å². The van der Waals surface area contributed by atoms with E-state index in [0.29, 0.717) is 30.9 Å². The van der Waals surface area contributed by atoms with Crippen molar-refractivity contribution in [3.05, 3.63) is 106 Å². The van der Waals surface area contributed by atoms with Crippen molar-refractivity contribution in [2.75, 3.05) is 6.61 Å². The zero-order chi connectivity index (χ0) is 39.6. The molecule has 1 saturated carbocycles. The van der Waals surface area contributed by atoms with Crippen molar-refractivity contribution in [2.45, 2.75) is 115 Å². The van der Waals surface area contributed by atoms with E-state index >= 15 is 0 Å². The Morgan fingerprint density at radius 3 is 2.21 bits per heavy atom. The number of hydrogen-bond acceptors (Lipinski definition) is 6. The lowest BCUT2D eigenvalue weighted by atomic mass is 9.58. The minimum absolute atomic E-state index is 0.0506. The molecule has 4 aliphatic rings. The first-order valence-corrected chi connectivity index (χ1v) is 23.1. The quantitative estimate of drug-likeness (QED) is 0.108. The summed E-state index contributed by atoms with van der Waals surface area (Å²) in [7, 11) is -4.01. The number of hydrogen-bond donors (Lipinski definition) is 2. The fourth-order valence-electron chi connectivity index (χ4n) is 10.3. The van der Waals surface area contributed by atoms with Crippen LogP contribution in [0.25, 0.3) is 6.08 Å². The fraction of sp³-hybridized carbons (Fsp3) is 0.478. The standard InChI is InChI=1S/C46H57BClNO6Si/c1-5-15-31(26-32-23-24-35(50)28-40(32)48)22-25-41-42-33(30-54-56(46(2,3)4,36-18-11-7-12-19-36)37-20-13-8-14-21-37)27-38-43(39(42)29-47(53)55-41)45(52)49(44(38)51)34-16-9-6-10-17-34/h7-8,11-14,18-21,23-24,26,28,34,38-39,41,43,50,53H,5-6,9-10,15-17,22,25,27,29-30H2,1-4H3/b31-26+/t38-,39+,41-,43-/m1/s1. The molecular formula is C46H57BClNO6Si. The van der Waals surface area contributed by atoms with E-state index in [0.717, 1.165) is 61.7 Å². The van der Waals surface area contributed by atoms with Crippen LogP contribution in [0.4, 0.5) is 0 Å². The van der Waals surface area contributed by atoms with Gasteiger partial charge in [0.15, 0.2) is 0 Å². The molecule has 10 heteroatoms. The lowest BCUT2D eigenvalue weighted by molar-refractivity contribution is -0.143. The first kappa shape index (κ1) is 40.7. The number of phenolic OH excluding ortho intramolecular Hbond substituents is 1. The number of carbonyl (C=O) groups excluding carboxylic acids is 2. The van der Waals surface area contributed by atoms with Gasteiger partial charge in [-0.25, -0.2) is 0 Å². The van der Waals surface area contributed by atoms with Gasteiger partial charge >= 0.3 is 7.12 Å². The number of halogens is 1. The normalized spacial score (nSPS) is 23.8. The van der Waals surface area contributed by atoms with E-state index in [1.54, 1.807) is 17.0 Å². The van der Waals surface area contributed by atoms with E-state index in [1.165, 1.54) is 15.9 Å². The van der Waals surface area contributed by atoms with Gasteiger partial charge in [0.25, 0.3) is 8.32 Å². The molecule has 0 spiro atoms. The molecule has 2 N–H and O–H groups in total. The number of fused-ring (bicyclic) bond motifs is 3. The van der Waals surface area contributed by atoms with Crippen molar-refractivity contribution in [3.63, 3.8) is 0 Å². The average Bonchev–Trinajstić information content (AvgIpc) is 3.44. The van der Waals surface area contributed by atoms with Gasteiger partial charge in [-0.15, -0.1) is 0 Å². The topological polar surface area (TPSA) is 96.3 Å². The van der Waals surface area contributed by atoms with Gasteiger partial charge in [-0.3, -0.25) is 14.5 Å². The molecule has 0 aromatic heterocycles. The molecule has 4 atom stereocenters. The summed E-state index contributed by atoms with van der Waals surface area (Å²) < 4.78 is 14.0. The number of nitrogens with zero attached hydrogens (tertiary/aromatic N) is 1. The Balaban J connectivity index is 1.30. The molecule has 2 amide bonds. The highest BCUT2D eigenvalue weighted by atomic mass is 35.5. The van der Waals surface area contributed by atoms with Crippen LogP contribution in [0.1, 0.15) is 97.5 Å². The molecular weight excluding hydrogens is 737 g/mol. The van der Waals surface area contributed by atoms with E-state index in [1.807, 2.05) is 18.2 Å². The maximum atomic E-state index is 14.5. The van der Waals surface area contributed by atoms with Crippen LogP contribution in [0.5, 0.6) is 5.75 Å². The summed E-state index contributed by atoms with van der Waals surface area (Å²) in [5.41, 5.74) is 4.11. The summed E-state index contributed by atoms with van der Waals surface area (Å²) >= 11 is 6.55. The Hall–Kier alpha value is -3.47. The smallest absolute Gasteiger partial charge is 0.455 e. The monoisotopic (exact) mass is 793 g/mol. The largest absolute Gasteiger partial charge is 0.508 e. The van der Waals surface area contributed by atoms with Crippen LogP contribution in [-0.4, -0.2) is 61.0 Å².